The predicted octanol–water partition coefficient (Wildman–Crippen LogP) is 2.72. The largest absolute Gasteiger partial charge is 0.497 e. The molecule has 1 fully saturated rings. The van der Waals surface area contributed by atoms with E-state index in [4.69, 9.17) is 10.5 Å². The number of benzene rings is 1. The van der Waals surface area contributed by atoms with E-state index in [1.807, 2.05) is 6.07 Å². The first-order valence-electron chi connectivity index (χ1n) is 5.10. The van der Waals surface area contributed by atoms with Crippen LogP contribution in [0.25, 0.3) is 10.1 Å². The molecule has 0 spiro atoms. The van der Waals surface area contributed by atoms with Crippen LogP contribution in [0.5, 0.6) is 5.75 Å². The summed E-state index contributed by atoms with van der Waals surface area (Å²) in [6, 6.07) is 6.62. The Bertz CT molecular complexity index is 505. The summed E-state index contributed by atoms with van der Waals surface area (Å²) in [6.07, 6.45) is 1.13. The molecule has 3 rings (SSSR count). The number of ether oxygens (including phenoxy) is 1. The van der Waals surface area contributed by atoms with Crippen molar-refractivity contribution in [2.45, 2.75) is 18.4 Å². The van der Waals surface area contributed by atoms with Gasteiger partial charge in [-0.1, -0.05) is 0 Å². The molecule has 0 unspecified atom stereocenters. The van der Waals surface area contributed by atoms with Gasteiger partial charge in [-0.2, -0.15) is 0 Å². The van der Waals surface area contributed by atoms with Crippen LogP contribution >= 0.6 is 11.3 Å². The van der Waals surface area contributed by atoms with Gasteiger partial charge >= 0.3 is 0 Å². The second-order valence-corrected chi connectivity index (χ2v) is 4.97. The second-order valence-electron chi connectivity index (χ2n) is 4.06. The van der Waals surface area contributed by atoms with Crippen LogP contribution in [0.2, 0.25) is 0 Å². The molecule has 1 saturated carbocycles. The summed E-state index contributed by atoms with van der Waals surface area (Å²) in [4.78, 5) is 0. The van der Waals surface area contributed by atoms with Crippen molar-refractivity contribution in [3.63, 3.8) is 0 Å². The Morgan fingerprint density at radius 2 is 2.27 bits per heavy atom. The van der Waals surface area contributed by atoms with Gasteiger partial charge < -0.3 is 10.5 Å². The summed E-state index contributed by atoms with van der Waals surface area (Å²) in [5.74, 6) is 1.50. The first-order chi connectivity index (χ1) is 7.29. The minimum atomic E-state index is 0.369. The van der Waals surface area contributed by atoms with E-state index in [1.165, 1.54) is 15.6 Å². The first-order valence-corrected chi connectivity index (χ1v) is 5.98. The number of methoxy groups -OCH3 is 1. The van der Waals surface area contributed by atoms with Gasteiger partial charge in [0.2, 0.25) is 0 Å². The molecule has 2 atom stereocenters. The van der Waals surface area contributed by atoms with E-state index < -0.39 is 0 Å². The first kappa shape index (κ1) is 9.19. The van der Waals surface area contributed by atoms with Crippen molar-refractivity contribution in [3.05, 3.63) is 29.1 Å². The van der Waals surface area contributed by atoms with E-state index in [0.29, 0.717) is 12.0 Å². The van der Waals surface area contributed by atoms with Gasteiger partial charge in [0.25, 0.3) is 0 Å². The summed E-state index contributed by atoms with van der Waals surface area (Å²) in [5, 5.41) is 3.55. The molecule has 78 valence electrons. The summed E-state index contributed by atoms with van der Waals surface area (Å²) < 4.78 is 6.57. The highest BCUT2D eigenvalue weighted by atomic mass is 32.1. The maximum Gasteiger partial charge on any atom is 0.119 e. The number of hydrogen-bond acceptors (Lipinski definition) is 3. The maximum absolute atomic E-state index is 5.89. The van der Waals surface area contributed by atoms with Crippen molar-refractivity contribution in [3.8, 4) is 5.75 Å². The Kier molecular flexibility index (Phi) is 1.97. The van der Waals surface area contributed by atoms with Gasteiger partial charge in [0.15, 0.2) is 0 Å². The minimum Gasteiger partial charge on any atom is -0.497 e. The Morgan fingerprint density at radius 3 is 2.93 bits per heavy atom. The lowest BCUT2D eigenvalue weighted by Gasteiger charge is -2.01. The maximum atomic E-state index is 5.89. The Hall–Kier alpha value is -1.06. The van der Waals surface area contributed by atoms with Crippen molar-refractivity contribution < 1.29 is 4.74 Å². The van der Waals surface area contributed by atoms with Crippen LogP contribution in [0, 0.1) is 0 Å². The minimum absolute atomic E-state index is 0.369. The van der Waals surface area contributed by atoms with Crippen molar-refractivity contribution in [1.29, 1.82) is 0 Å². The van der Waals surface area contributed by atoms with Crippen LogP contribution in [0.15, 0.2) is 23.6 Å². The Balaban J connectivity index is 2.14. The van der Waals surface area contributed by atoms with E-state index in [1.54, 1.807) is 18.4 Å². The van der Waals surface area contributed by atoms with Gasteiger partial charge in [-0.05, 0) is 40.9 Å². The third-order valence-electron chi connectivity index (χ3n) is 3.05. The zero-order chi connectivity index (χ0) is 10.4. The molecule has 0 amide bonds. The van der Waals surface area contributed by atoms with Gasteiger partial charge in [-0.15, -0.1) is 11.3 Å². The lowest BCUT2D eigenvalue weighted by atomic mass is 10.1. The predicted molar refractivity (Wildman–Crippen MR) is 63.7 cm³/mol. The summed E-state index contributed by atoms with van der Waals surface area (Å²) in [5.41, 5.74) is 7.30. The molecule has 0 saturated heterocycles. The molecule has 15 heavy (non-hydrogen) atoms. The second kappa shape index (κ2) is 3.22. The molecular formula is C12H13NOS. The molecule has 1 aromatic carbocycles. The van der Waals surface area contributed by atoms with Gasteiger partial charge in [-0.3, -0.25) is 0 Å². The number of rotatable bonds is 2. The molecule has 2 nitrogen and oxygen atoms in total. The standard InChI is InChI=1S/C12H13NOS/c1-14-7-2-3-12-9(4-7)10(6-15-12)8-5-11(8)13/h2-4,6,8,11H,5,13H2,1H3/t8-,11+/m0/s1. The number of thiophene rings is 1. The SMILES string of the molecule is COc1ccc2scc([C@@H]3C[C@H]3N)c2c1. The molecule has 1 aromatic heterocycles. The zero-order valence-corrected chi connectivity index (χ0v) is 9.38. The quantitative estimate of drug-likeness (QED) is 0.843. The number of nitrogens with two attached hydrogens (primary N) is 1. The molecule has 2 N–H and O–H groups in total. The highest BCUT2D eigenvalue weighted by Gasteiger charge is 2.36. The smallest absolute Gasteiger partial charge is 0.119 e. The van der Waals surface area contributed by atoms with E-state index in [9.17, 15) is 0 Å². The number of hydrogen-bond donors (Lipinski definition) is 1. The van der Waals surface area contributed by atoms with Gasteiger partial charge in [0, 0.05) is 16.7 Å². The van der Waals surface area contributed by atoms with E-state index in [0.717, 1.165) is 12.2 Å². The Labute approximate surface area is 92.7 Å². The van der Waals surface area contributed by atoms with Gasteiger partial charge in [-0.25, -0.2) is 0 Å². The molecule has 0 aliphatic heterocycles. The molecule has 0 radical (unpaired) electrons. The summed E-state index contributed by atoms with van der Waals surface area (Å²) in [7, 11) is 1.70. The fraction of sp³-hybridized carbons (Fsp3) is 0.333. The highest BCUT2D eigenvalue weighted by molar-refractivity contribution is 7.17. The normalized spacial score (nSPS) is 24.4. The van der Waals surface area contributed by atoms with Gasteiger partial charge in [0.1, 0.15) is 5.75 Å². The highest BCUT2D eigenvalue weighted by Crippen LogP contribution is 2.45. The Morgan fingerprint density at radius 1 is 1.47 bits per heavy atom. The fourth-order valence-electron chi connectivity index (χ4n) is 2.01. The van der Waals surface area contributed by atoms with Crippen LogP contribution in [0.1, 0.15) is 17.9 Å². The van der Waals surface area contributed by atoms with Crippen LogP contribution < -0.4 is 10.5 Å². The van der Waals surface area contributed by atoms with Crippen molar-refractivity contribution in [1.82, 2.24) is 0 Å². The molecule has 1 heterocycles. The van der Waals surface area contributed by atoms with E-state index in [2.05, 4.69) is 17.5 Å². The average molecular weight is 219 g/mol. The van der Waals surface area contributed by atoms with E-state index >= 15 is 0 Å². The van der Waals surface area contributed by atoms with Crippen LogP contribution in [0.3, 0.4) is 0 Å². The fourth-order valence-corrected chi connectivity index (χ4v) is 3.02. The van der Waals surface area contributed by atoms with Crippen LogP contribution in [-0.4, -0.2) is 13.2 Å². The average Bonchev–Trinajstić information content (AvgIpc) is 2.84. The van der Waals surface area contributed by atoms with E-state index in [-0.39, 0.29) is 0 Å². The topological polar surface area (TPSA) is 35.2 Å². The lowest BCUT2D eigenvalue weighted by molar-refractivity contribution is 0.415. The monoisotopic (exact) mass is 219 g/mol. The van der Waals surface area contributed by atoms with Crippen LogP contribution in [-0.2, 0) is 0 Å². The molecule has 1 aliphatic rings. The lowest BCUT2D eigenvalue weighted by Crippen LogP contribution is -2.00. The molecule has 2 aromatic rings. The van der Waals surface area contributed by atoms with Crippen molar-refractivity contribution in [2.75, 3.05) is 7.11 Å². The third-order valence-corrected chi connectivity index (χ3v) is 4.03. The molecular weight excluding hydrogens is 206 g/mol. The van der Waals surface area contributed by atoms with Gasteiger partial charge in [0.05, 0.1) is 7.11 Å². The van der Waals surface area contributed by atoms with Crippen molar-refractivity contribution in [2.24, 2.45) is 5.73 Å². The molecule has 0 bridgehead atoms. The van der Waals surface area contributed by atoms with Crippen LogP contribution in [0.4, 0.5) is 0 Å². The summed E-state index contributed by atoms with van der Waals surface area (Å²) in [6.45, 7) is 0. The zero-order valence-electron chi connectivity index (χ0n) is 8.57. The third kappa shape index (κ3) is 1.43. The molecule has 3 heteroatoms. The number of fused-ring (bicyclic) bond motifs is 1. The molecule has 1 aliphatic carbocycles. The van der Waals surface area contributed by atoms with Crippen molar-refractivity contribution >= 4 is 21.4 Å². The summed E-state index contributed by atoms with van der Waals surface area (Å²) >= 11 is 1.79.